The molecule has 4 heteroatoms. The second kappa shape index (κ2) is 9.24. The van der Waals surface area contributed by atoms with E-state index >= 15 is 0 Å². The van der Waals surface area contributed by atoms with Crippen LogP contribution in [0.5, 0.6) is 0 Å². The molecule has 0 radical (unpaired) electrons. The maximum Gasteiger partial charge on any atom is 0.101 e. The first kappa shape index (κ1) is 23.8. The van der Waals surface area contributed by atoms with Crippen LogP contribution < -0.4 is 0 Å². The summed E-state index contributed by atoms with van der Waals surface area (Å²) in [6, 6.07) is 50.2. The average molecular weight is 535 g/mol. The lowest BCUT2D eigenvalue weighted by Crippen LogP contribution is -2.01. The summed E-state index contributed by atoms with van der Waals surface area (Å²) in [5.41, 5.74) is 9.03. The Kier molecular flexibility index (Phi) is 5.22. The molecule has 0 aliphatic carbocycles. The average Bonchev–Trinajstić information content (AvgIpc) is 3.57. The van der Waals surface area contributed by atoms with Crippen LogP contribution in [0, 0.1) is 22.7 Å². The van der Waals surface area contributed by atoms with E-state index in [-0.39, 0.29) is 0 Å². The zero-order chi connectivity index (χ0) is 28.2. The highest BCUT2D eigenvalue weighted by atomic mass is 15.0. The van der Waals surface area contributed by atoms with Gasteiger partial charge in [-0.15, -0.1) is 0 Å². The Morgan fingerprint density at radius 2 is 1.07 bits per heavy atom. The first-order valence-corrected chi connectivity index (χ1v) is 13.8. The molecule has 0 fully saturated rings. The van der Waals surface area contributed by atoms with Crippen molar-refractivity contribution in [1.82, 2.24) is 9.13 Å². The summed E-state index contributed by atoms with van der Waals surface area (Å²) in [5.74, 6) is 0. The van der Waals surface area contributed by atoms with Gasteiger partial charge in [-0.2, -0.15) is 10.5 Å². The molecule has 2 aromatic heterocycles. The van der Waals surface area contributed by atoms with E-state index in [1.807, 2.05) is 18.2 Å². The van der Waals surface area contributed by atoms with Gasteiger partial charge in [-0.3, -0.25) is 0 Å². The van der Waals surface area contributed by atoms with Crippen molar-refractivity contribution in [3.05, 3.63) is 145 Å². The highest BCUT2D eigenvalue weighted by Gasteiger charge is 2.23. The number of rotatable bonds is 3. The summed E-state index contributed by atoms with van der Waals surface area (Å²) in [7, 11) is 0. The number of aromatic nitrogens is 2. The Bertz CT molecular complexity index is 2400. The Morgan fingerprint density at radius 3 is 1.81 bits per heavy atom. The van der Waals surface area contributed by atoms with Crippen LogP contribution in [0.4, 0.5) is 0 Å². The highest BCUT2D eigenvalue weighted by Crippen LogP contribution is 2.43. The summed E-state index contributed by atoms with van der Waals surface area (Å²) in [4.78, 5) is 0. The molecule has 0 atom stereocenters. The van der Waals surface area contributed by atoms with Crippen molar-refractivity contribution >= 4 is 43.6 Å². The van der Waals surface area contributed by atoms with Gasteiger partial charge in [0, 0.05) is 27.2 Å². The van der Waals surface area contributed by atoms with Crippen molar-refractivity contribution in [3.63, 3.8) is 0 Å². The van der Waals surface area contributed by atoms with Crippen LogP contribution in [-0.2, 0) is 0 Å². The van der Waals surface area contributed by atoms with E-state index in [2.05, 4.69) is 118 Å². The van der Waals surface area contributed by atoms with Crippen LogP contribution in [-0.4, -0.2) is 9.13 Å². The van der Waals surface area contributed by atoms with Gasteiger partial charge in [0.15, 0.2) is 0 Å². The summed E-state index contributed by atoms with van der Waals surface area (Å²) in [5, 5.41) is 24.7. The maximum absolute atomic E-state index is 10.2. The third-order valence-corrected chi connectivity index (χ3v) is 8.18. The monoisotopic (exact) mass is 534 g/mol. The predicted octanol–water partition coefficient (Wildman–Crippen LogP) is 9.29. The Balaban J connectivity index is 1.56. The largest absolute Gasteiger partial charge is 0.309 e. The molecule has 0 N–H and O–H groups in total. The normalized spacial score (nSPS) is 11.3. The van der Waals surface area contributed by atoms with Gasteiger partial charge in [0.1, 0.15) is 12.1 Å². The first-order valence-electron chi connectivity index (χ1n) is 13.8. The van der Waals surface area contributed by atoms with E-state index in [0.29, 0.717) is 16.8 Å². The van der Waals surface area contributed by atoms with Crippen molar-refractivity contribution in [2.75, 3.05) is 0 Å². The van der Waals surface area contributed by atoms with Gasteiger partial charge in [-0.05, 0) is 53.6 Å². The third-order valence-electron chi connectivity index (χ3n) is 8.18. The molecule has 0 spiro atoms. The molecular formula is C38H22N4. The number of fused-ring (bicyclic) bond motifs is 7. The molecular weight excluding hydrogens is 512 g/mol. The Morgan fingerprint density at radius 1 is 0.452 bits per heavy atom. The van der Waals surface area contributed by atoms with Crippen molar-refractivity contribution < 1.29 is 0 Å². The number of hydrogen-bond donors (Lipinski definition) is 0. The van der Waals surface area contributed by atoms with E-state index in [1.54, 1.807) is 18.2 Å². The molecule has 0 saturated carbocycles. The molecule has 8 rings (SSSR count). The van der Waals surface area contributed by atoms with Crippen LogP contribution in [0.15, 0.2) is 133 Å². The number of benzene rings is 6. The van der Waals surface area contributed by atoms with Crippen molar-refractivity contribution in [1.29, 1.82) is 10.5 Å². The fraction of sp³-hybridized carbons (Fsp3) is 0. The van der Waals surface area contributed by atoms with Crippen LogP contribution in [0.2, 0.25) is 0 Å². The minimum atomic E-state index is 0.466. The minimum Gasteiger partial charge on any atom is -0.309 e. The molecule has 4 nitrogen and oxygen atoms in total. The molecule has 0 aliphatic rings. The second-order valence-electron chi connectivity index (χ2n) is 10.4. The fourth-order valence-electron chi connectivity index (χ4n) is 6.44. The van der Waals surface area contributed by atoms with Crippen LogP contribution >= 0.6 is 0 Å². The standard InChI is InChI=1S/C38H22N4/c39-23-27-13-8-14-28(24-40)37(27)42-33-18-6-4-16-30(33)31-20-21-35-36(38(31)42)32-17-5-7-19-34(32)41(35)29-15-9-12-26(22-29)25-10-2-1-3-11-25/h1-22H. The van der Waals surface area contributed by atoms with Gasteiger partial charge >= 0.3 is 0 Å². The lowest BCUT2D eigenvalue weighted by Gasteiger charge is -2.13. The van der Waals surface area contributed by atoms with Crippen LogP contribution in [0.3, 0.4) is 0 Å². The molecule has 8 aromatic rings. The lowest BCUT2D eigenvalue weighted by molar-refractivity contribution is 1.16. The Hall–Kier alpha value is -6.10. The molecule has 0 saturated heterocycles. The summed E-state index contributed by atoms with van der Waals surface area (Å²) >= 11 is 0. The topological polar surface area (TPSA) is 57.4 Å². The molecule has 0 unspecified atom stereocenters. The molecule has 0 bridgehead atoms. The van der Waals surface area contributed by atoms with Crippen LogP contribution in [0.1, 0.15) is 11.1 Å². The van der Waals surface area contributed by atoms with Gasteiger partial charge in [0.25, 0.3) is 0 Å². The fourth-order valence-corrected chi connectivity index (χ4v) is 6.44. The van der Waals surface area contributed by atoms with E-state index in [4.69, 9.17) is 0 Å². The molecule has 194 valence electrons. The van der Waals surface area contributed by atoms with E-state index in [0.717, 1.165) is 54.9 Å². The van der Waals surface area contributed by atoms with Gasteiger partial charge in [0.05, 0.1) is 38.9 Å². The van der Waals surface area contributed by atoms with Gasteiger partial charge in [-0.1, -0.05) is 91.0 Å². The SMILES string of the molecule is N#Cc1cccc(C#N)c1-n1c2ccccc2c2ccc3c(c4ccccc4n3-c3cccc(-c4ccccc4)c3)c21. The number of para-hydroxylation sites is 3. The first-order chi connectivity index (χ1) is 20.8. The van der Waals surface area contributed by atoms with Gasteiger partial charge < -0.3 is 9.13 Å². The van der Waals surface area contributed by atoms with Crippen LogP contribution in [0.25, 0.3) is 66.1 Å². The summed E-state index contributed by atoms with van der Waals surface area (Å²) in [6.45, 7) is 0. The molecule has 0 aliphatic heterocycles. The number of hydrogen-bond acceptors (Lipinski definition) is 2. The van der Waals surface area contributed by atoms with Crippen molar-refractivity contribution in [3.8, 4) is 34.6 Å². The predicted molar refractivity (Wildman–Crippen MR) is 170 cm³/mol. The molecule has 6 aromatic carbocycles. The lowest BCUT2D eigenvalue weighted by atomic mass is 10.1. The highest BCUT2D eigenvalue weighted by molar-refractivity contribution is 6.26. The van der Waals surface area contributed by atoms with E-state index in [9.17, 15) is 10.5 Å². The van der Waals surface area contributed by atoms with Gasteiger partial charge in [0.2, 0.25) is 0 Å². The maximum atomic E-state index is 10.2. The number of nitriles is 2. The zero-order valence-corrected chi connectivity index (χ0v) is 22.5. The van der Waals surface area contributed by atoms with Crippen molar-refractivity contribution in [2.45, 2.75) is 0 Å². The molecule has 42 heavy (non-hydrogen) atoms. The van der Waals surface area contributed by atoms with E-state index < -0.39 is 0 Å². The minimum absolute atomic E-state index is 0.466. The van der Waals surface area contributed by atoms with E-state index in [1.165, 1.54) is 5.56 Å². The summed E-state index contributed by atoms with van der Waals surface area (Å²) < 4.78 is 4.45. The van der Waals surface area contributed by atoms with Gasteiger partial charge in [-0.25, -0.2) is 0 Å². The summed E-state index contributed by atoms with van der Waals surface area (Å²) in [6.07, 6.45) is 0. The number of nitrogens with zero attached hydrogens (tertiary/aromatic N) is 4. The Labute approximate surface area is 242 Å². The molecule has 0 amide bonds. The quantitative estimate of drug-likeness (QED) is 0.227. The smallest absolute Gasteiger partial charge is 0.101 e. The van der Waals surface area contributed by atoms with Crippen molar-refractivity contribution in [2.24, 2.45) is 0 Å². The third kappa shape index (κ3) is 3.33. The molecule has 2 heterocycles. The zero-order valence-electron chi connectivity index (χ0n) is 22.5. The second-order valence-corrected chi connectivity index (χ2v) is 10.4.